The molecule has 0 aliphatic heterocycles. The summed E-state index contributed by atoms with van der Waals surface area (Å²) in [7, 11) is 0. The van der Waals surface area contributed by atoms with Gasteiger partial charge < -0.3 is 11.1 Å². The molecule has 4 heteroatoms. The normalized spacial score (nSPS) is 16.9. The molecule has 2 aromatic rings. The number of nitrogen functional groups attached to an aromatic ring is 1. The molecule has 3 N–H and O–H groups in total. The lowest BCUT2D eigenvalue weighted by molar-refractivity contribution is 0.600. The summed E-state index contributed by atoms with van der Waals surface area (Å²) in [5.74, 6) is 0. The van der Waals surface area contributed by atoms with Crippen LogP contribution in [0.1, 0.15) is 35.6 Å². The van der Waals surface area contributed by atoms with Crippen LogP contribution < -0.4 is 11.1 Å². The summed E-state index contributed by atoms with van der Waals surface area (Å²) in [6.45, 7) is 0. The van der Waals surface area contributed by atoms with Gasteiger partial charge in [-0.05, 0) is 70.6 Å². The first-order chi connectivity index (χ1) is 10.2. The average Bonchev–Trinajstić information content (AvgIpc) is 2.47. The van der Waals surface area contributed by atoms with E-state index >= 15 is 0 Å². The summed E-state index contributed by atoms with van der Waals surface area (Å²) >= 11 is 3.43. The van der Waals surface area contributed by atoms with Crippen molar-refractivity contribution in [1.82, 2.24) is 0 Å². The van der Waals surface area contributed by atoms with Gasteiger partial charge in [0.25, 0.3) is 0 Å². The van der Waals surface area contributed by atoms with Gasteiger partial charge in [0, 0.05) is 10.2 Å². The van der Waals surface area contributed by atoms with Gasteiger partial charge in [0.05, 0.1) is 17.3 Å². The van der Waals surface area contributed by atoms with Crippen molar-refractivity contribution in [2.75, 3.05) is 11.1 Å². The molecule has 2 aromatic carbocycles. The molecular weight excluding hydrogens is 326 g/mol. The van der Waals surface area contributed by atoms with Crippen molar-refractivity contribution in [3.63, 3.8) is 0 Å². The van der Waals surface area contributed by atoms with E-state index in [1.165, 1.54) is 11.1 Å². The summed E-state index contributed by atoms with van der Waals surface area (Å²) in [4.78, 5) is 0. The zero-order valence-corrected chi connectivity index (χ0v) is 13.2. The number of nitrogens with zero attached hydrogens (tertiary/aromatic N) is 1. The number of nitrogens with one attached hydrogen (secondary N) is 1. The second kappa shape index (κ2) is 5.79. The van der Waals surface area contributed by atoms with Crippen LogP contribution >= 0.6 is 15.9 Å². The van der Waals surface area contributed by atoms with Crippen molar-refractivity contribution in [2.45, 2.75) is 25.3 Å². The lowest BCUT2D eigenvalue weighted by Crippen LogP contribution is -2.18. The van der Waals surface area contributed by atoms with Crippen LogP contribution in [-0.4, -0.2) is 0 Å². The minimum Gasteiger partial charge on any atom is -0.399 e. The topological polar surface area (TPSA) is 61.8 Å². The highest BCUT2D eigenvalue weighted by Crippen LogP contribution is 2.35. The van der Waals surface area contributed by atoms with Gasteiger partial charge in [-0.3, -0.25) is 0 Å². The lowest BCUT2D eigenvalue weighted by Gasteiger charge is -2.28. The first-order valence-corrected chi connectivity index (χ1v) is 7.82. The number of hydrogen-bond acceptors (Lipinski definition) is 3. The molecule has 0 saturated heterocycles. The third kappa shape index (κ3) is 2.74. The van der Waals surface area contributed by atoms with Gasteiger partial charge in [-0.25, -0.2) is 0 Å². The van der Waals surface area contributed by atoms with Crippen molar-refractivity contribution in [3.8, 4) is 6.07 Å². The number of nitrogens with two attached hydrogens (primary N) is 1. The zero-order chi connectivity index (χ0) is 14.8. The number of aryl methyl sites for hydroxylation is 1. The molecule has 0 spiro atoms. The van der Waals surface area contributed by atoms with Crippen molar-refractivity contribution in [2.24, 2.45) is 0 Å². The zero-order valence-electron chi connectivity index (χ0n) is 11.6. The Morgan fingerprint density at radius 3 is 2.95 bits per heavy atom. The molecular formula is C17H16BrN3. The standard InChI is InChI=1S/C17H16BrN3/c18-15-4-2-6-17(14(15)10-19)21-16-5-1-3-11-9-12(20)7-8-13(11)16/h2,4,6-9,16,21H,1,3,5,20H2. The fourth-order valence-electron chi connectivity index (χ4n) is 2.93. The Morgan fingerprint density at radius 1 is 1.29 bits per heavy atom. The van der Waals surface area contributed by atoms with E-state index in [0.29, 0.717) is 5.56 Å². The maximum atomic E-state index is 9.32. The van der Waals surface area contributed by atoms with Gasteiger partial charge in [0.1, 0.15) is 6.07 Å². The van der Waals surface area contributed by atoms with Crippen molar-refractivity contribution < 1.29 is 0 Å². The third-order valence-electron chi connectivity index (χ3n) is 3.94. The van der Waals surface area contributed by atoms with E-state index in [2.05, 4.69) is 39.4 Å². The third-order valence-corrected chi connectivity index (χ3v) is 4.60. The Kier molecular flexibility index (Phi) is 3.85. The van der Waals surface area contributed by atoms with E-state index in [-0.39, 0.29) is 6.04 Å². The number of benzene rings is 2. The Bertz CT molecular complexity index is 718. The molecule has 0 aromatic heterocycles. The number of fused-ring (bicyclic) bond motifs is 1. The highest BCUT2D eigenvalue weighted by molar-refractivity contribution is 9.10. The molecule has 0 amide bonds. The van der Waals surface area contributed by atoms with Crippen LogP contribution in [0.2, 0.25) is 0 Å². The Morgan fingerprint density at radius 2 is 2.14 bits per heavy atom. The van der Waals surface area contributed by atoms with E-state index in [1.54, 1.807) is 0 Å². The first-order valence-electron chi connectivity index (χ1n) is 7.02. The van der Waals surface area contributed by atoms with Crippen molar-refractivity contribution in [1.29, 1.82) is 5.26 Å². The Labute approximate surface area is 132 Å². The number of nitriles is 1. The number of rotatable bonds is 2. The van der Waals surface area contributed by atoms with E-state index in [4.69, 9.17) is 5.73 Å². The largest absolute Gasteiger partial charge is 0.399 e. The number of halogens is 1. The molecule has 1 unspecified atom stereocenters. The summed E-state index contributed by atoms with van der Waals surface area (Å²) in [5.41, 5.74) is 10.8. The van der Waals surface area contributed by atoms with Gasteiger partial charge >= 0.3 is 0 Å². The van der Waals surface area contributed by atoms with Crippen LogP contribution in [0.25, 0.3) is 0 Å². The predicted octanol–water partition coefficient (Wildman–Crippen LogP) is 4.39. The van der Waals surface area contributed by atoms with E-state index < -0.39 is 0 Å². The highest BCUT2D eigenvalue weighted by Gasteiger charge is 2.21. The van der Waals surface area contributed by atoms with Crippen LogP contribution in [0.15, 0.2) is 40.9 Å². The predicted molar refractivity (Wildman–Crippen MR) is 89.0 cm³/mol. The summed E-state index contributed by atoms with van der Waals surface area (Å²) in [5, 5.41) is 12.8. The van der Waals surface area contributed by atoms with E-state index in [9.17, 15) is 5.26 Å². The van der Waals surface area contributed by atoms with Crippen LogP contribution in [0.3, 0.4) is 0 Å². The molecule has 0 heterocycles. The van der Waals surface area contributed by atoms with Crippen molar-refractivity contribution in [3.05, 3.63) is 57.6 Å². The molecule has 1 atom stereocenters. The summed E-state index contributed by atoms with van der Waals surface area (Å²) < 4.78 is 0.823. The molecule has 106 valence electrons. The van der Waals surface area contributed by atoms with Crippen LogP contribution in [0.4, 0.5) is 11.4 Å². The molecule has 21 heavy (non-hydrogen) atoms. The molecule has 0 fully saturated rings. The number of anilines is 2. The van der Waals surface area contributed by atoms with E-state index in [1.807, 2.05) is 24.3 Å². The molecule has 0 saturated carbocycles. The maximum absolute atomic E-state index is 9.32. The molecule has 3 nitrogen and oxygen atoms in total. The smallest absolute Gasteiger partial charge is 0.103 e. The van der Waals surface area contributed by atoms with E-state index in [0.717, 1.165) is 35.1 Å². The second-order valence-corrected chi connectivity index (χ2v) is 6.18. The van der Waals surface area contributed by atoms with Gasteiger partial charge in [-0.1, -0.05) is 12.1 Å². The molecule has 0 radical (unpaired) electrons. The van der Waals surface area contributed by atoms with Crippen LogP contribution in [0.5, 0.6) is 0 Å². The van der Waals surface area contributed by atoms with Crippen LogP contribution in [0, 0.1) is 11.3 Å². The lowest BCUT2D eigenvalue weighted by atomic mass is 9.87. The second-order valence-electron chi connectivity index (χ2n) is 5.32. The van der Waals surface area contributed by atoms with Gasteiger partial charge in [0.2, 0.25) is 0 Å². The quantitative estimate of drug-likeness (QED) is 0.796. The van der Waals surface area contributed by atoms with Crippen LogP contribution in [-0.2, 0) is 6.42 Å². The molecule has 0 bridgehead atoms. The molecule has 1 aliphatic rings. The molecule has 3 rings (SSSR count). The number of hydrogen-bond donors (Lipinski definition) is 2. The SMILES string of the molecule is N#Cc1c(Br)cccc1NC1CCCc2cc(N)ccc21. The van der Waals surface area contributed by atoms with Gasteiger partial charge in [-0.15, -0.1) is 0 Å². The maximum Gasteiger partial charge on any atom is 0.103 e. The minimum absolute atomic E-state index is 0.232. The fourth-order valence-corrected chi connectivity index (χ4v) is 3.38. The first kappa shape index (κ1) is 14.0. The summed E-state index contributed by atoms with van der Waals surface area (Å²) in [6, 6.07) is 14.4. The Hall–Kier alpha value is -1.99. The molecule has 1 aliphatic carbocycles. The Balaban J connectivity index is 1.95. The summed E-state index contributed by atoms with van der Waals surface area (Å²) in [6.07, 6.45) is 3.26. The average molecular weight is 342 g/mol. The van der Waals surface area contributed by atoms with Gasteiger partial charge in [0.15, 0.2) is 0 Å². The highest BCUT2D eigenvalue weighted by atomic mass is 79.9. The van der Waals surface area contributed by atoms with Crippen molar-refractivity contribution >= 4 is 27.3 Å². The van der Waals surface area contributed by atoms with Gasteiger partial charge in [-0.2, -0.15) is 5.26 Å². The minimum atomic E-state index is 0.232. The monoisotopic (exact) mass is 341 g/mol. The fraction of sp³-hybridized carbons (Fsp3) is 0.235.